The zero-order valence-electron chi connectivity index (χ0n) is 15.6. The lowest BCUT2D eigenvalue weighted by Crippen LogP contribution is -2.46. The average Bonchev–Trinajstić information content (AvgIpc) is 3.02. The van der Waals surface area contributed by atoms with Gasteiger partial charge in [-0.25, -0.2) is 4.79 Å². The number of hydrogen-bond acceptors (Lipinski definition) is 3. The maximum atomic E-state index is 12.2. The summed E-state index contributed by atoms with van der Waals surface area (Å²) >= 11 is 0. The summed E-state index contributed by atoms with van der Waals surface area (Å²) in [5.74, 6) is -0.812. The van der Waals surface area contributed by atoms with Gasteiger partial charge in [0.05, 0.1) is 5.41 Å². The molecule has 2 saturated heterocycles. The van der Waals surface area contributed by atoms with Crippen molar-refractivity contribution in [1.29, 1.82) is 0 Å². The molecule has 142 valence electrons. The molecule has 1 aliphatic carbocycles. The van der Waals surface area contributed by atoms with Gasteiger partial charge in [-0.1, -0.05) is 19.3 Å². The fourth-order valence-corrected chi connectivity index (χ4v) is 4.79. The van der Waals surface area contributed by atoms with Crippen molar-refractivity contribution in [1.82, 2.24) is 15.1 Å². The Bertz CT molecular complexity index is 494. The molecule has 0 aromatic carbocycles. The first-order valence-corrected chi connectivity index (χ1v) is 9.91. The minimum Gasteiger partial charge on any atom is -0.481 e. The second-order valence-corrected chi connectivity index (χ2v) is 8.67. The molecule has 2 N–H and O–H groups in total. The number of urea groups is 1. The van der Waals surface area contributed by atoms with E-state index in [4.69, 9.17) is 0 Å². The monoisotopic (exact) mass is 351 g/mol. The molecule has 0 aromatic heterocycles. The van der Waals surface area contributed by atoms with E-state index in [-0.39, 0.29) is 6.03 Å². The van der Waals surface area contributed by atoms with Gasteiger partial charge >= 0.3 is 12.0 Å². The molecular weight excluding hydrogens is 318 g/mol. The van der Waals surface area contributed by atoms with Gasteiger partial charge in [0.1, 0.15) is 0 Å². The quantitative estimate of drug-likeness (QED) is 0.816. The highest BCUT2D eigenvalue weighted by atomic mass is 16.4. The molecule has 0 aromatic rings. The van der Waals surface area contributed by atoms with E-state index in [0.717, 1.165) is 19.6 Å². The molecule has 0 bridgehead atoms. The van der Waals surface area contributed by atoms with E-state index in [1.54, 1.807) is 11.8 Å². The lowest BCUT2D eigenvalue weighted by Gasteiger charge is -2.44. The third-order valence-corrected chi connectivity index (χ3v) is 6.81. The first-order chi connectivity index (χ1) is 11.9. The number of nitrogens with one attached hydrogen (secondary N) is 1. The lowest BCUT2D eigenvalue weighted by atomic mass is 9.68. The van der Waals surface area contributed by atoms with Crippen molar-refractivity contribution in [3.05, 3.63) is 0 Å². The van der Waals surface area contributed by atoms with Gasteiger partial charge in [0.15, 0.2) is 0 Å². The lowest BCUT2D eigenvalue weighted by molar-refractivity contribution is -0.147. The predicted molar refractivity (Wildman–Crippen MR) is 96.5 cm³/mol. The Morgan fingerprint density at radius 1 is 1.00 bits per heavy atom. The van der Waals surface area contributed by atoms with Gasteiger partial charge in [0, 0.05) is 26.2 Å². The second kappa shape index (κ2) is 7.52. The molecule has 1 saturated carbocycles. The number of amides is 2. The summed E-state index contributed by atoms with van der Waals surface area (Å²) < 4.78 is 0. The van der Waals surface area contributed by atoms with E-state index in [1.807, 2.05) is 0 Å². The fraction of sp³-hybridized carbons (Fsp3) is 0.895. The van der Waals surface area contributed by atoms with Crippen molar-refractivity contribution < 1.29 is 14.7 Å². The number of likely N-dealkylation sites (tertiary alicyclic amines) is 2. The van der Waals surface area contributed by atoms with Crippen LogP contribution in [0.3, 0.4) is 0 Å². The first kappa shape index (κ1) is 18.5. The molecule has 3 rings (SSSR count). The summed E-state index contributed by atoms with van der Waals surface area (Å²) in [7, 11) is 0. The molecule has 1 atom stereocenters. The highest BCUT2D eigenvalue weighted by Crippen LogP contribution is 2.44. The highest BCUT2D eigenvalue weighted by molar-refractivity contribution is 5.79. The summed E-state index contributed by atoms with van der Waals surface area (Å²) in [6.07, 6.45) is 10.2. The van der Waals surface area contributed by atoms with E-state index in [9.17, 15) is 14.7 Å². The minimum absolute atomic E-state index is 0.120. The van der Waals surface area contributed by atoms with Crippen molar-refractivity contribution in [3.63, 3.8) is 0 Å². The number of carboxylic acids is 1. The first-order valence-electron chi connectivity index (χ1n) is 9.91. The van der Waals surface area contributed by atoms with Crippen molar-refractivity contribution >= 4 is 12.0 Å². The van der Waals surface area contributed by atoms with Gasteiger partial charge < -0.3 is 20.2 Å². The summed E-state index contributed by atoms with van der Waals surface area (Å²) in [6, 6.07) is -0.120. The normalized spacial score (nSPS) is 29.7. The van der Waals surface area contributed by atoms with E-state index < -0.39 is 11.4 Å². The smallest absolute Gasteiger partial charge is 0.317 e. The van der Waals surface area contributed by atoms with Gasteiger partial charge in [-0.15, -0.1) is 0 Å². The minimum atomic E-state index is -0.812. The van der Waals surface area contributed by atoms with E-state index >= 15 is 0 Å². The summed E-state index contributed by atoms with van der Waals surface area (Å²) in [4.78, 5) is 27.6. The van der Waals surface area contributed by atoms with Crippen LogP contribution in [0, 0.1) is 10.8 Å². The molecule has 1 spiro atoms. The predicted octanol–water partition coefficient (Wildman–Crippen LogP) is 2.54. The topological polar surface area (TPSA) is 72.9 Å². The van der Waals surface area contributed by atoms with Crippen molar-refractivity contribution in [2.75, 3.05) is 39.3 Å². The number of piperidine rings is 1. The van der Waals surface area contributed by atoms with Crippen LogP contribution in [-0.2, 0) is 4.79 Å². The van der Waals surface area contributed by atoms with Crippen LogP contribution in [0.1, 0.15) is 58.3 Å². The van der Waals surface area contributed by atoms with Gasteiger partial charge in [0.2, 0.25) is 0 Å². The zero-order valence-corrected chi connectivity index (χ0v) is 15.6. The third kappa shape index (κ3) is 4.27. The van der Waals surface area contributed by atoms with E-state index in [1.165, 1.54) is 44.9 Å². The molecule has 1 unspecified atom stereocenters. The highest BCUT2D eigenvalue weighted by Gasteiger charge is 2.42. The number of aliphatic carboxylic acids is 1. The molecule has 2 heterocycles. The van der Waals surface area contributed by atoms with Crippen LogP contribution in [0.5, 0.6) is 0 Å². The third-order valence-electron chi connectivity index (χ3n) is 6.81. The van der Waals surface area contributed by atoms with Crippen LogP contribution in [0.2, 0.25) is 0 Å². The molecular formula is C19H33N3O3. The molecule has 3 aliphatic rings. The Labute approximate surface area is 150 Å². The summed E-state index contributed by atoms with van der Waals surface area (Å²) in [6.45, 7) is 6.39. The number of nitrogens with zero attached hydrogens (tertiary/aromatic N) is 2. The number of hydrogen-bond donors (Lipinski definition) is 2. The van der Waals surface area contributed by atoms with E-state index in [2.05, 4.69) is 10.2 Å². The van der Waals surface area contributed by atoms with Crippen LogP contribution in [0.4, 0.5) is 4.79 Å². The van der Waals surface area contributed by atoms with E-state index in [0.29, 0.717) is 31.5 Å². The number of rotatable bonds is 4. The van der Waals surface area contributed by atoms with Crippen molar-refractivity contribution in [2.45, 2.75) is 58.3 Å². The Kier molecular flexibility index (Phi) is 5.56. The van der Waals surface area contributed by atoms with Crippen molar-refractivity contribution in [3.8, 4) is 0 Å². The fourth-order valence-electron chi connectivity index (χ4n) is 4.79. The maximum Gasteiger partial charge on any atom is 0.317 e. The van der Waals surface area contributed by atoms with Crippen LogP contribution in [0.25, 0.3) is 0 Å². The molecule has 25 heavy (non-hydrogen) atoms. The Morgan fingerprint density at radius 3 is 2.28 bits per heavy atom. The number of carbonyl (C=O) groups excluding carboxylic acids is 1. The molecule has 2 amide bonds. The van der Waals surface area contributed by atoms with Gasteiger partial charge in [0.25, 0.3) is 0 Å². The zero-order chi connectivity index (χ0) is 17.9. The number of carboxylic acid groups (broad SMARTS) is 1. The molecule has 3 fully saturated rings. The van der Waals surface area contributed by atoms with Gasteiger partial charge in [-0.05, 0) is 57.5 Å². The Hall–Kier alpha value is -1.30. The van der Waals surface area contributed by atoms with Gasteiger partial charge in [-0.3, -0.25) is 4.79 Å². The second-order valence-electron chi connectivity index (χ2n) is 8.67. The Balaban J connectivity index is 1.35. The van der Waals surface area contributed by atoms with Gasteiger partial charge in [-0.2, -0.15) is 0 Å². The summed E-state index contributed by atoms with van der Waals surface area (Å²) in [5, 5.41) is 12.2. The largest absolute Gasteiger partial charge is 0.481 e. The molecule has 6 heteroatoms. The van der Waals surface area contributed by atoms with Crippen LogP contribution in [0.15, 0.2) is 0 Å². The Morgan fingerprint density at radius 2 is 1.68 bits per heavy atom. The van der Waals surface area contributed by atoms with Crippen LogP contribution < -0.4 is 5.32 Å². The SMILES string of the molecule is CC1(C(=O)O)CCN(C(=O)NCCN2CCC3(CCCCC3)CC2)C1. The summed E-state index contributed by atoms with van der Waals surface area (Å²) in [5.41, 5.74) is -0.173. The maximum absolute atomic E-state index is 12.2. The van der Waals surface area contributed by atoms with Crippen LogP contribution >= 0.6 is 0 Å². The van der Waals surface area contributed by atoms with Crippen molar-refractivity contribution in [2.24, 2.45) is 10.8 Å². The van der Waals surface area contributed by atoms with Crippen LogP contribution in [-0.4, -0.2) is 66.2 Å². The average molecular weight is 351 g/mol. The standard InChI is InChI=1S/C19H33N3O3/c1-18(16(23)24)7-13-22(15-18)17(25)20-10-14-21-11-8-19(9-12-21)5-3-2-4-6-19/h2-15H2,1H3,(H,20,25)(H,23,24). The molecule has 0 radical (unpaired) electrons. The molecule has 6 nitrogen and oxygen atoms in total. The number of carbonyl (C=O) groups is 2. The molecule has 2 aliphatic heterocycles.